The van der Waals surface area contributed by atoms with Crippen molar-refractivity contribution in [2.75, 3.05) is 0 Å². The molecule has 0 amide bonds. The zero-order valence-corrected chi connectivity index (χ0v) is 12.0. The van der Waals surface area contributed by atoms with Crippen molar-refractivity contribution in [3.05, 3.63) is 24.9 Å². The molecule has 1 fully saturated rings. The van der Waals surface area contributed by atoms with E-state index in [9.17, 15) is 0 Å². The summed E-state index contributed by atoms with van der Waals surface area (Å²) in [5.41, 5.74) is 0.824. The molecule has 2 aromatic rings. The highest BCUT2D eigenvalue weighted by Crippen LogP contribution is 2.36. The highest BCUT2D eigenvalue weighted by atomic mass is 16.7. The summed E-state index contributed by atoms with van der Waals surface area (Å²) in [5, 5.41) is 7.54. The average Bonchev–Trinajstić information content (AvgIpc) is 2.97. The zero-order chi connectivity index (χ0) is 14.4. The average molecular weight is 273 g/mol. The number of hydrogen-bond acceptors (Lipinski definition) is 6. The smallest absolute Gasteiger partial charge is 0.423 e. The molecular formula is C13H16BN3O3. The Morgan fingerprint density at radius 1 is 1.05 bits per heavy atom. The fraction of sp³-hybridized carbons (Fsp3) is 0.462. The molecule has 0 spiro atoms. The minimum Gasteiger partial charge on any atom is -0.423 e. The molecule has 0 radical (unpaired) electrons. The summed E-state index contributed by atoms with van der Waals surface area (Å²) in [5.74, 6) is 0.427. The molecular weight excluding hydrogens is 257 g/mol. The fourth-order valence-electron chi connectivity index (χ4n) is 1.98. The van der Waals surface area contributed by atoms with Crippen molar-refractivity contribution in [3.63, 3.8) is 0 Å². The van der Waals surface area contributed by atoms with Crippen LogP contribution in [-0.4, -0.2) is 33.5 Å². The second-order valence-electron chi connectivity index (χ2n) is 5.84. The van der Waals surface area contributed by atoms with E-state index in [1.165, 1.54) is 6.39 Å². The highest BCUT2D eigenvalue weighted by Gasteiger charge is 2.51. The lowest BCUT2D eigenvalue weighted by molar-refractivity contribution is 0.00578. The summed E-state index contributed by atoms with van der Waals surface area (Å²) < 4.78 is 17.2. The fourth-order valence-corrected chi connectivity index (χ4v) is 1.98. The number of pyridine rings is 1. The SMILES string of the molecule is CC1(C)OB(c2cncc(-c3nnco3)c2)OC1(C)C. The molecule has 1 aliphatic heterocycles. The van der Waals surface area contributed by atoms with E-state index in [1.807, 2.05) is 33.8 Å². The summed E-state index contributed by atoms with van der Waals surface area (Å²) >= 11 is 0. The lowest BCUT2D eigenvalue weighted by atomic mass is 9.80. The van der Waals surface area contributed by atoms with Crippen LogP contribution in [0.3, 0.4) is 0 Å². The standard InChI is InChI=1S/C13H16BN3O3/c1-12(2)13(3,4)20-14(19-12)10-5-9(6-15-7-10)11-17-16-8-18-11/h5-8H,1-4H3. The maximum atomic E-state index is 5.99. The van der Waals surface area contributed by atoms with E-state index in [0.717, 1.165) is 11.0 Å². The van der Waals surface area contributed by atoms with Gasteiger partial charge in [0, 0.05) is 17.9 Å². The molecule has 0 unspecified atom stereocenters. The molecule has 104 valence electrons. The van der Waals surface area contributed by atoms with Crippen LogP contribution in [0.15, 0.2) is 29.3 Å². The predicted octanol–water partition coefficient (Wildman–Crippen LogP) is 1.43. The van der Waals surface area contributed by atoms with Gasteiger partial charge in [-0.15, -0.1) is 10.2 Å². The molecule has 0 bridgehead atoms. The number of nitrogens with zero attached hydrogens (tertiary/aromatic N) is 3. The molecule has 0 atom stereocenters. The molecule has 20 heavy (non-hydrogen) atoms. The van der Waals surface area contributed by atoms with Crippen molar-refractivity contribution in [3.8, 4) is 11.5 Å². The third-order valence-corrected chi connectivity index (χ3v) is 3.89. The molecule has 3 heterocycles. The number of aromatic nitrogens is 3. The summed E-state index contributed by atoms with van der Waals surface area (Å²) in [6.45, 7) is 8.06. The van der Waals surface area contributed by atoms with Gasteiger partial charge in [0.25, 0.3) is 0 Å². The third-order valence-electron chi connectivity index (χ3n) is 3.89. The van der Waals surface area contributed by atoms with Crippen LogP contribution >= 0.6 is 0 Å². The minimum atomic E-state index is -0.449. The lowest BCUT2D eigenvalue weighted by Crippen LogP contribution is -2.41. The largest absolute Gasteiger partial charge is 0.496 e. The van der Waals surface area contributed by atoms with Gasteiger partial charge >= 0.3 is 7.12 Å². The van der Waals surface area contributed by atoms with Gasteiger partial charge in [-0.3, -0.25) is 4.98 Å². The van der Waals surface area contributed by atoms with Gasteiger partial charge in [0.2, 0.25) is 12.3 Å². The van der Waals surface area contributed by atoms with Crippen LogP contribution in [0.5, 0.6) is 0 Å². The van der Waals surface area contributed by atoms with Gasteiger partial charge in [0.05, 0.1) is 16.8 Å². The molecule has 7 heteroatoms. The Hall–Kier alpha value is -1.73. The molecule has 0 aliphatic carbocycles. The second-order valence-corrected chi connectivity index (χ2v) is 5.84. The Morgan fingerprint density at radius 2 is 1.75 bits per heavy atom. The van der Waals surface area contributed by atoms with Gasteiger partial charge in [-0.05, 0) is 33.8 Å². The first-order valence-corrected chi connectivity index (χ1v) is 6.46. The van der Waals surface area contributed by atoms with Crippen LogP contribution in [0.1, 0.15) is 27.7 Å². The normalized spacial score (nSPS) is 20.3. The van der Waals surface area contributed by atoms with Crippen molar-refractivity contribution in [2.24, 2.45) is 0 Å². The number of hydrogen-bond donors (Lipinski definition) is 0. The molecule has 3 rings (SSSR count). The molecule has 0 aromatic carbocycles. The Morgan fingerprint density at radius 3 is 2.35 bits per heavy atom. The minimum absolute atomic E-state index is 0.377. The van der Waals surface area contributed by atoms with Gasteiger partial charge in [-0.2, -0.15) is 0 Å². The highest BCUT2D eigenvalue weighted by molar-refractivity contribution is 6.62. The lowest BCUT2D eigenvalue weighted by Gasteiger charge is -2.32. The van der Waals surface area contributed by atoms with Gasteiger partial charge in [0.1, 0.15) is 0 Å². The Kier molecular flexibility index (Phi) is 2.91. The van der Waals surface area contributed by atoms with Crippen LogP contribution in [0, 0.1) is 0 Å². The van der Waals surface area contributed by atoms with Crippen LogP contribution < -0.4 is 5.46 Å². The van der Waals surface area contributed by atoms with Crippen molar-refractivity contribution in [1.29, 1.82) is 0 Å². The molecule has 1 saturated heterocycles. The summed E-state index contributed by atoms with van der Waals surface area (Å²) in [4.78, 5) is 4.19. The molecule has 6 nitrogen and oxygen atoms in total. The summed E-state index contributed by atoms with van der Waals surface area (Å²) in [6, 6.07) is 1.89. The van der Waals surface area contributed by atoms with Crippen molar-refractivity contribution in [2.45, 2.75) is 38.9 Å². The Balaban J connectivity index is 1.91. The van der Waals surface area contributed by atoms with Gasteiger partial charge < -0.3 is 13.7 Å². The van der Waals surface area contributed by atoms with E-state index in [2.05, 4.69) is 15.2 Å². The first-order chi connectivity index (χ1) is 9.39. The van der Waals surface area contributed by atoms with E-state index < -0.39 is 7.12 Å². The first-order valence-electron chi connectivity index (χ1n) is 6.46. The van der Waals surface area contributed by atoms with Crippen LogP contribution in [-0.2, 0) is 9.31 Å². The Bertz CT molecular complexity index is 597. The third kappa shape index (κ3) is 2.12. The van der Waals surface area contributed by atoms with Crippen LogP contribution in [0.4, 0.5) is 0 Å². The predicted molar refractivity (Wildman–Crippen MR) is 73.2 cm³/mol. The van der Waals surface area contributed by atoms with Gasteiger partial charge in [-0.1, -0.05) is 0 Å². The molecule has 0 saturated carbocycles. The summed E-state index contributed by atoms with van der Waals surface area (Å²) in [6.07, 6.45) is 4.68. The summed E-state index contributed by atoms with van der Waals surface area (Å²) in [7, 11) is -0.449. The topological polar surface area (TPSA) is 70.3 Å². The first kappa shape index (κ1) is 13.3. The molecule has 2 aromatic heterocycles. The van der Waals surface area contributed by atoms with Crippen molar-refractivity contribution in [1.82, 2.24) is 15.2 Å². The second kappa shape index (κ2) is 4.39. The van der Waals surface area contributed by atoms with Crippen LogP contribution in [0.25, 0.3) is 11.5 Å². The van der Waals surface area contributed by atoms with E-state index in [0.29, 0.717) is 5.89 Å². The van der Waals surface area contributed by atoms with Gasteiger partial charge in [-0.25, -0.2) is 0 Å². The molecule has 0 N–H and O–H groups in total. The van der Waals surface area contributed by atoms with Gasteiger partial charge in [0.15, 0.2) is 0 Å². The van der Waals surface area contributed by atoms with Crippen molar-refractivity contribution < 1.29 is 13.7 Å². The number of rotatable bonds is 2. The van der Waals surface area contributed by atoms with Crippen LogP contribution in [0.2, 0.25) is 0 Å². The van der Waals surface area contributed by atoms with E-state index >= 15 is 0 Å². The maximum Gasteiger partial charge on any atom is 0.496 e. The van der Waals surface area contributed by atoms with E-state index in [-0.39, 0.29) is 11.2 Å². The van der Waals surface area contributed by atoms with E-state index in [4.69, 9.17) is 13.7 Å². The maximum absolute atomic E-state index is 5.99. The van der Waals surface area contributed by atoms with E-state index in [1.54, 1.807) is 12.4 Å². The van der Waals surface area contributed by atoms with Crippen molar-refractivity contribution >= 4 is 12.6 Å². The Labute approximate surface area is 117 Å². The zero-order valence-electron chi connectivity index (χ0n) is 12.0. The quantitative estimate of drug-likeness (QED) is 0.771. The molecule has 1 aliphatic rings. The monoisotopic (exact) mass is 273 g/mol.